The summed E-state index contributed by atoms with van der Waals surface area (Å²) in [5.74, 6) is 0. The lowest BCUT2D eigenvalue weighted by atomic mass is 9.98. The third-order valence-electron chi connectivity index (χ3n) is 2.78. The molecule has 0 aliphatic carbocycles. The van der Waals surface area contributed by atoms with Crippen molar-refractivity contribution in [3.05, 3.63) is 29.6 Å². The number of pyridine rings is 1. The first kappa shape index (κ1) is 15.9. The molecule has 6 heteroatoms. The van der Waals surface area contributed by atoms with Crippen molar-refractivity contribution in [1.29, 1.82) is 0 Å². The van der Waals surface area contributed by atoms with Gasteiger partial charge in [-0.1, -0.05) is 13.3 Å². The van der Waals surface area contributed by atoms with E-state index in [0.717, 1.165) is 18.5 Å². The molecule has 0 radical (unpaired) electrons. The molecule has 1 heterocycles. The van der Waals surface area contributed by atoms with Gasteiger partial charge in [0.25, 0.3) is 0 Å². The lowest BCUT2D eigenvalue weighted by Crippen LogP contribution is -2.25. The molecule has 0 spiro atoms. The molecule has 0 amide bonds. The summed E-state index contributed by atoms with van der Waals surface area (Å²) in [7, 11) is 0. The van der Waals surface area contributed by atoms with Crippen molar-refractivity contribution >= 4 is 0 Å². The van der Waals surface area contributed by atoms with Gasteiger partial charge in [0.15, 0.2) is 0 Å². The normalized spacial score (nSPS) is 15.3. The van der Waals surface area contributed by atoms with Crippen LogP contribution in [0.15, 0.2) is 18.5 Å². The molecule has 19 heavy (non-hydrogen) atoms. The first-order valence-corrected chi connectivity index (χ1v) is 6.22. The zero-order valence-corrected chi connectivity index (χ0v) is 10.9. The molecule has 1 aromatic heterocycles. The van der Waals surface area contributed by atoms with Gasteiger partial charge in [0.05, 0.1) is 11.7 Å². The Morgan fingerprint density at radius 1 is 1.37 bits per heavy atom. The Hall–Kier alpha value is -1.14. The van der Waals surface area contributed by atoms with Crippen molar-refractivity contribution < 1.29 is 23.0 Å². The Balaban J connectivity index is 3.06. The number of aliphatic hydroxyl groups is 1. The third kappa shape index (κ3) is 4.18. The maximum Gasteiger partial charge on any atom is 0.416 e. The molecule has 1 rings (SSSR count). The molecule has 0 saturated heterocycles. The van der Waals surface area contributed by atoms with Crippen LogP contribution in [-0.4, -0.2) is 22.8 Å². The maximum atomic E-state index is 12.9. The Morgan fingerprint density at radius 2 is 2.05 bits per heavy atom. The third-order valence-corrected chi connectivity index (χ3v) is 2.78. The summed E-state index contributed by atoms with van der Waals surface area (Å²) >= 11 is 0. The minimum absolute atomic E-state index is 0.234. The molecule has 0 aliphatic heterocycles. The molecular formula is C13H18F3NO2. The van der Waals surface area contributed by atoms with Gasteiger partial charge in [-0.2, -0.15) is 13.2 Å². The van der Waals surface area contributed by atoms with Gasteiger partial charge in [-0.3, -0.25) is 4.98 Å². The minimum Gasteiger partial charge on any atom is -0.386 e. The summed E-state index contributed by atoms with van der Waals surface area (Å²) < 4.78 is 43.9. The number of nitrogens with zero attached hydrogens (tertiary/aromatic N) is 1. The monoisotopic (exact) mass is 277 g/mol. The van der Waals surface area contributed by atoms with E-state index in [4.69, 9.17) is 4.74 Å². The van der Waals surface area contributed by atoms with Crippen molar-refractivity contribution in [2.45, 2.75) is 45.1 Å². The van der Waals surface area contributed by atoms with Crippen LogP contribution < -0.4 is 0 Å². The Morgan fingerprint density at radius 3 is 2.58 bits per heavy atom. The SMILES string of the molecule is CCCC(OCC)C(O)c1cnccc1C(F)(F)F. The Labute approximate surface area is 110 Å². The molecule has 0 bridgehead atoms. The molecule has 0 aliphatic rings. The quantitative estimate of drug-likeness (QED) is 0.867. The van der Waals surface area contributed by atoms with E-state index >= 15 is 0 Å². The summed E-state index contributed by atoms with van der Waals surface area (Å²) in [5.41, 5.74) is -1.10. The molecule has 2 atom stereocenters. The standard InChI is InChI=1S/C13H18F3NO2/c1-3-5-11(19-4-2)12(18)9-8-17-7-6-10(9)13(14,15)16/h6-8,11-12,18H,3-5H2,1-2H3. The van der Waals surface area contributed by atoms with Crippen molar-refractivity contribution in [2.24, 2.45) is 0 Å². The fourth-order valence-electron chi connectivity index (χ4n) is 1.93. The molecule has 1 aromatic rings. The van der Waals surface area contributed by atoms with Crippen LogP contribution in [0.2, 0.25) is 0 Å². The first-order chi connectivity index (χ1) is 8.91. The molecule has 2 unspecified atom stereocenters. The van der Waals surface area contributed by atoms with E-state index in [1.54, 1.807) is 6.92 Å². The largest absolute Gasteiger partial charge is 0.416 e. The highest BCUT2D eigenvalue weighted by molar-refractivity contribution is 5.29. The fraction of sp³-hybridized carbons (Fsp3) is 0.615. The second-order valence-electron chi connectivity index (χ2n) is 4.19. The van der Waals surface area contributed by atoms with Crippen LogP contribution >= 0.6 is 0 Å². The van der Waals surface area contributed by atoms with Crippen LogP contribution in [0.25, 0.3) is 0 Å². The van der Waals surface area contributed by atoms with E-state index in [1.165, 1.54) is 0 Å². The molecule has 1 N–H and O–H groups in total. The highest BCUT2D eigenvalue weighted by Gasteiger charge is 2.36. The second-order valence-corrected chi connectivity index (χ2v) is 4.19. The Kier molecular flexibility index (Phi) is 5.75. The average molecular weight is 277 g/mol. The second kappa shape index (κ2) is 6.86. The molecular weight excluding hydrogens is 259 g/mol. The van der Waals surface area contributed by atoms with E-state index in [0.29, 0.717) is 19.4 Å². The summed E-state index contributed by atoms with van der Waals surface area (Å²) in [6.07, 6.45) is -3.18. The number of aliphatic hydroxyl groups excluding tert-OH is 1. The summed E-state index contributed by atoms with van der Waals surface area (Å²) in [4.78, 5) is 3.67. The molecule has 0 fully saturated rings. The minimum atomic E-state index is -4.51. The maximum absolute atomic E-state index is 12.9. The number of alkyl halides is 3. The van der Waals surface area contributed by atoms with E-state index < -0.39 is 23.9 Å². The van der Waals surface area contributed by atoms with Crippen LogP contribution in [0.3, 0.4) is 0 Å². The van der Waals surface area contributed by atoms with Crippen molar-refractivity contribution in [3.8, 4) is 0 Å². The molecule has 108 valence electrons. The van der Waals surface area contributed by atoms with Crippen LogP contribution in [0.5, 0.6) is 0 Å². The van der Waals surface area contributed by atoms with Gasteiger partial charge in [0, 0.05) is 24.6 Å². The van der Waals surface area contributed by atoms with Gasteiger partial charge >= 0.3 is 6.18 Å². The average Bonchev–Trinajstić information content (AvgIpc) is 2.37. The number of rotatable bonds is 6. The highest BCUT2D eigenvalue weighted by atomic mass is 19.4. The first-order valence-electron chi connectivity index (χ1n) is 6.22. The zero-order chi connectivity index (χ0) is 14.5. The lowest BCUT2D eigenvalue weighted by molar-refractivity contribution is -0.140. The zero-order valence-electron chi connectivity index (χ0n) is 10.9. The van der Waals surface area contributed by atoms with Crippen LogP contribution in [0, 0.1) is 0 Å². The number of hydrogen-bond acceptors (Lipinski definition) is 3. The smallest absolute Gasteiger partial charge is 0.386 e. The van der Waals surface area contributed by atoms with Crippen molar-refractivity contribution in [2.75, 3.05) is 6.61 Å². The number of ether oxygens (including phenoxy) is 1. The van der Waals surface area contributed by atoms with Crippen LogP contribution in [0.4, 0.5) is 13.2 Å². The van der Waals surface area contributed by atoms with Crippen LogP contribution in [0.1, 0.15) is 43.9 Å². The van der Waals surface area contributed by atoms with E-state index in [9.17, 15) is 18.3 Å². The topological polar surface area (TPSA) is 42.4 Å². The lowest BCUT2D eigenvalue weighted by Gasteiger charge is -2.24. The van der Waals surface area contributed by atoms with Crippen molar-refractivity contribution in [1.82, 2.24) is 4.98 Å². The summed E-state index contributed by atoms with van der Waals surface area (Å²) in [6.45, 7) is 3.96. The van der Waals surface area contributed by atoms with E-state index in [-0.39, 0.29) is 5.56 Å². The summed E-state index contributed by atoms with van der Waals surface area (Å²) in [5, 5.41) is 10.1. The van der Waals surface area contributed by atoms with Gasteiger partial charge < -0.3 is 9.84 Å². The van der Waals surface area contributed by atoms with Crippen molar-refractivity contribution in [3.63, 3.8) is 0 Å². The van der Waals surface area contributed by atoms with Gasteiger partial charge in [-0.05, 0) is 19.4 Å². The van der Waals surface area contributed by atoms with Crippen LogP contribution in [-0.2, 0) is 10.9 Å². The van der Waals surface area contributed by atoms with Gasteiger partial charge in [0.1, 0.15) is 6.10 Å². The van der Waals surface area contributed by atoms with E-state index in [2.05, 4.69) is 4.98 Å². The van der Waals surface area contributed by atoms with Gasteiger partial charge in [-0.25, -0.2) is 0 Å². The molecule has 3 nitrogen and oxygen atoms in total. The number of halogens is 3. The number of aromatic nitrogens is 1. The highest BCUT2D eigenvalue weighted by Crippen LogP contribution is 2.35. The van der Waals surface area contributed by atoms with E-state index in [1.807, 2.05) is 6.92 Å². The summed E-state index contributed by atoms with van der Waals surface area (Å²) in [6, 6.07) is 0.869. The Bertz CT molecular complexity index is 390. The fourth-order valence-corrected chi connectivity index (χ4v) is 1.93. The predicted octanol–water partition coefficient (Wildman–Crippen LogP) is 3.34. The molecule has 0 aromatic carbocycles. The molecule has 0 saturated carbocycles. The van der Waals surface area contributed by atoms with Gasteiger partial charge in [-0.15, -0.1) is 0 Å². The van der Waals surface area contributed by atoms with Gasteiger partial charge in [0.2, 0.25) is 0 Å². The number of hydrogen-bond donors (Lipinski definition) is 1. The predicted molar refractivity (Wildman–Crippen MR) is 64.5 cm³/mol.